The molecule has 0 bridgehead atoms. The molecule has 9 nitrogen and oxygen atoms in total. The van der Waals surface area contributed by atoms with Crippen LogP contribution in [0.3, 0.4) is 0 Å². The smallest absolute Gasteiger partial charge is 0.305 e. The lowest BCUT2D eigenvalue weighted by molar-refractivity contribution is -0.149. The predicted molar refractivity (Wildman–Crippen MR) is 277 cm³/mol. The summed E-state index contributed by atoms with van der Waals surface area (Å²) in [6.07, 6.45) is 42.6. The molecule has 0 saturated heterocycles. The molecule has 0 aliphatic heterocycles. The molecule has 0 amide bonds. The van der Waals surface area contributed by atoms with Crippen molar-refractivity contribution in [1.29, 1.82) is 0 Å². The minimum atomic E-state index is -0.123. The number of unbranched alkanes of at least 4 members (excludes halogenated alkanes) is 21. The average molecular weight is 936 g/mol. The fourth-order valence-electron chi connectivity index (χ4n) is 9.75. The van der Waals surface area contributed by atoms with Gasteiger partial charge < -0.3 is 19.3 Å². The van der Waals surface area contributed by atoms with Gasteiger partial charge in [-0.15, -0.1) is 0 Å². The summed E-state index contributed by atoms with van der Waals surface area (Å²) < 4.78 is 17.3. The van der Waals surface area contributed by atoms with Crippen LogP contribution in [0, 0.1) is 11.8 Å². The molecule has 0 aromatic heterocycles. The van der Waals surface area contributed by atoms with Gasteiger partial charge in [-0.2, -0.15) is 0 Å². The number of carbonyl (C=O) groups excluding carboxylic acids is 3. The predicted octanol–water partition coefficient (Wildman–Crippen LogP) is 14.7. The Morgan fingerprint density at radius 2 is 0.803 bits per heavy atom. The van der Waals surface area contributed by atoms with Crippen LogP contribution < -0.4 is 0 Å². The van der Waals surface area contributed by atoms with E-state index in [0.717, 1.165) is 103 Å². The van der Waals surface area contributed by atoms with Crippen LogP contribution in [0.25, 0.3) is 0 Å². The van der Waals surface area contributed by atoms with Gasteiger partial charge in [0.25, 0.3) is 0 Å². The van der Waals surface area contributed by atoms with Gasteiger partial charge in [-0.05, 0) is 83.2 Å². The van der Waals surface area contributed by atoms with Crippen LogP contribution in [0.5, 0.6) is 0 Å². The van der Waals surface area contributed by atoms with Crippen molar-refractivity contribution in [3.05, 3.63) is 0 Å². The first-order chi connectivity index (χ1) is 32.4. The van der Waals surface area contributed by atoms with Crippen molar-refractivity contribution in [1.82, 2.24) is 9.80 Å². The highest BCUT2D eigenvalue weighted by Gasteiger charge is 2.22. The van der Waals surface area contributed by atoms with Crippen LogP contribution >= 0.6 is 0 Å². The number of aliphatic hydroxyl groups excluding tert-OH is 1. The Balaban J connectivity index is 2.53. The summed E-state index contributed by atoms with van der Waals surface area (Å²) in [6.45, 7) is 15.1. The summed E-state index contributed by atoms with van der Waals surface area (Å²) in [5.74, 6) is 0.279. The Kier molecular flexibility index (Phi) is 44.4. The first-order valence-electron chi connectivity index (χ1n) is 28.9. The third-order valence-corrected chi connectivity index (χ3v) is 14.2. The highest BCUT2D eigenvalue weighted by molar-refractivity contribution is 5.70. The summed E-state index contributed by atoms with van der Waals surface area (Å²) in [7, 11) is 0. The van der Waals surface area contributed by atoms with Crippen LogP contribution in [0.4, 0.5) is 0 Å². The van der Waals surface area contributed by atoms with Crippen LogP contribution in [0.2, 0.25) is 0 Å². The summed E-state index contributed by atoms with van der Waals surface area (Å²) in [5, 5.41) is 9.95. The van der Waals surface area contributed by atoms with E-state index in [9.17, 15) is 19.5 Å². The van der Waals surface area contributed by atoms with Gasteiger partial charge in [0.05, 0.1) is 26.4 Å². The summed E-state index contributed by atoms with van der Waals surface area (Å²) >= 11 is 0. The van der Waals surface area contributed by atoms with E-state index in [-0.39, 0.29) is 30.4 Å². The minimum Gasteiger partial charge on any atom is -0.465 e. The molecule has 9 heteroatoms. The lowest BCUT2D eigenvalue weighted by atomic mass is 9.94. The van der Waals surface area contributed by atoms with Crippen LogP contribution in [-0.2, 0) is 28.6 Å². The Morgan fingerprint density at radius 3 is 1.29 bits per heavy atom. The van der Waals surface area contributed by atoms with Gasteiger partial charge in [-0.25, -0.2) is 0 Å². The topological polar surface area (TPSA) is 106 Å². The molecule has 0 heterocycles. The molecule has 0 aromatic carbocycles. The molecule has 0 spiro atoms. The zero-order chi connectivity index (χ0) is 48.0. The van der Waals surface area contributed by atoms with Gasteiger partial charge in [0.2, 0.25) is 0 Å². The molecule has 1 saturated carbocycles. The largest absolute Gasteiger partial charge is 0.465 e. The zero-order valence-corrected chi connectivity index (χ0v) is 44.3. The maximum absolute atomic E-state index is 12.8. The molecule has 1 rings (SSSR count). The molecule has 1 unspecified atom stereocenters. The van der Waals surface area contributed by atoms with E-state index in [4.69, 9.17) is 14.2 Å². The van der Waals surface area contributed by atoms with Crippen molar-refractivity contribution in [2.24, 2.45) is 11.8 Å². The normalized spacial score (nSPS) is 13.8. The first kappa shape index (κ1) is 62.3. The Bertz CT molecular complexity index is 1060. The fourth-order valence-corrected chi connectivity index (χ4v) is 9.75. The number of hydrogen-bond acceptors (Lipinski definition) is 9. The molecular formula is C57H110N2O7. The Morgan fingerprint density at radius 1 is 0.424 bits per heavy atom. The van der Waals surface area contributed by atoms with Gasteiger partial charge in [0, 0.05) is 50.9 Å². The fraction of sp³-hybridized carbons (Fsp3) is 0.947. The number of esters is 3. The minimum absolute atomic E-state index is 0.0275. The maximum Gasteiger partial charge on any atom is 0.305 e. The van der Waals surface area contributed by atoms with Crippen molar-refractivity contribution in [2.45, 2.75) is 278 Å². The van der Waals surface area contributed by atoms with Crippen LogP contribution in [0.15, 0.2) is 0 Å². The van der Waals surface area contributed by atoms with Crippen molar-refractivity contribution in [3.8, 4) is 0 Å². The summed E-state index contributed by atoms with van der Waals surface area (Å²) in [6, 6.07) is 0.648. The SMILES string of the molecule is CCCCCCCCC(CCCCCC)COC(=O)CCCCCN(CCO)CCN(CCCCCCC(COC(=O)CCCCCCC)COC(=O)CCCCCCC)C1CCCCC1. The molecule has 1 fully saturated rings. The van der Waals surface area contributed by atoms with Gasteiger partial charge in [0.1, 0.15) is 0 Å². The highest BCUT2D eigenvalue weighted by atomic mass is 16.5. The number of rotatable bonds is 49. The van der Waals surface area contributed by atoms with E-state index in [1.807, 2.05) is 0 Å². The van der Waals surface area contributed by atoms with Crippen molar-refractivity contribution in [2.75, 3.05) is 59.2 Å². The first-order valence-corrected chi connectivity index (χ1v) is 28.9. The lowest BCUT2D eigenvalue weighted by Crippen LogP contribution is -2.43. The second-order valence-electron chi connectivity index (χ2n) is 20.4. The second-order valence-corrected chi connectivity index (χ2v) is 20.4. The quantitative estimate of drug-likeness (QED) is 0.0363. The van der Waals surface area contributed by atoms with Gasteiger partial charge in [-0.1, -0.05) is 188 Å². The Labute approximate surface area is 408 Å². The van der Waals surface area contributed by atoms with E-state index in [2.05, 4.69) is 37.5 Å². The zero-order valence-electron chi connectivity index (χ0n) is 44.3. The van der Waals surface area contributed by atoms with Crippen LogP contribution in [-0.4, -0.2) is 98.0 Å². The third-order valence-electron chi connectivity index (χ3n) is 14.2. The summed E-state index contributed by atoms with van der Waals surface area (Å²) in [5.41, 5.74) is 0. The van der Waals surface area contributed by atoms with E-state index in [1.54, 1.807) is 0 Å². The van der Waals surface area contributed by atoms with Crippen molar-refractivity contribution in [3.63, 3.8) is 0 Å². The van der Waals surface area contributed by atoms with E-state index in [0.29, 0.717) is 57.6 Å². The summed E-state index contributed by atoms with van der Waals surface area (Å²) in [4.78, 5) is 43.0. The molecule has 0 radical (unpaired) electrons. The number of hydrogen-bond donors (Lipinski definition) is 1. The average Bonchev–Trinajstić information content (AvgIpc) is 3.32. The molecule has 390 valence electrons. The molecule has 1 atom stereocenters. The van der Waals surface area contributed by atoms with Gasteiger partial charge in [0.15, 0.2) is 0 Å². The number of aliphatic hydroxyl groups is 1. The maximum atomic E-state index is 12.8. The van der Waals surface area contributed by atoms with E-state index < -0.39 is 0 Å². The monoisotopic (exact) mass is 935 g/mol. The second kappa shape index (κ2) is 47.0. The van der Waals surface area contributed by atoms with Crippen molar-refractivity contribution < 1.29 is 33.7 Å². The van der Waals surface area contributed by atoms with E-state index >= 15 is 0 Å². The number of ether oxygens (including phenoxy) is 3. The lowest BCUT2D eigenvalue weighted by Gasteiger charge is -2.36. The molecule has 0 aromatic rings. The molecule has 1 aliphatic carbocycles. The van der Waals surface area contributed by atoms with Crippen LogP contribution in [0.1, 0.15) is 272 Å². The Hall–Kier alpha value is -1.71. The van der Waals surface area contributed by atoms with Gasteiger partial charge >= 0.3 is 17.9 Å². The third kappa shape index (κ3) is 38.2. The molecule has 1 N–H and O–H groups in total. The van der Waals surface area contributed by atoms with Gasteiger partial charge in [-0.3, -0.25) is 24.2 Å². The molecular weight excluding hydrogens is 825 g/mol. The number of nitrogens with zero attached hydrogens (tertiary/aromatic N) is 2. The standard InChI is InChI=1S/C57H110N2O7/c1-5-9-13-17-20-26-36-52(35-25-16-12-8-4)49-64-55(61)42-32-24-33-43-58(47-48-60)45-46-59(54-38-28-23-29-39-54)44-34-22-21-27-37-53(50-65-56(62)40-30-18-14-10-6-2)51-66-57(63)41-31-19-15-11-7-3/h52-54,60H,5-51H2,1-4H3. The molecule has 66 heavy (non-hydrogen) atoms. The number of carbonyl (C=O) groups is 3. The van der Waals surface area contributed by atoms with Crippen molar-refractivity contribution >= 4 is 17.9 Å². The van der Waals surface area contributed by atoms with E-state index in [1.165, 1.54) is 148 Å². The highest BCUT2D eigenvalue weighted by Crippen LogP contribution is 2.24. The molecule has 1 aliphatic rings.